The first-order valence-electron chi connectivity index (χ1n) is 8.36. The summed E-state index contributed by atoms with van der Waals surface area (Å²) in [5, 5.41) is 1.59. The number of nitrogens with zero attached hydrogens (tertiary/aromatic N) is 2. The Morgan fingerprint density at radius 3 is 2.57 bits per heavy atom. The lowest BCUT2D eigenvalue weighted by molar-refractivity contribution is -0.116. The topological polar surface area (TPSA) is 32.7 Å². The van der Waals surface area contributed by atoms with Crippen LogP contribution < -0.4 is 0 Å². The average Bonchev–Trinajstić information content (AvgIpc) is 2.47. The van der Waals surface area contributed by atoms with Crippen LogP contribution in [0, 0.1) is 0 Å². The molecule has 0 aliphatic carbocycles. The second-order valence-corrected chi connectivity index (χ2v) is 7.81. The third-order valence-corrected chi connectivity index (χ3v) is 5.08. The van der Waals surface area contributed by atoms with E-state index in [0.29, 0.717) is 11.7 Å². The SMILES string of the molecule is CC.CC(=O)Cc1ccccc1N=C1SC(C)CC(C)(C)N1C. The normalized spacial score (nSPS) is 21.6. The number of para-hydroxylation sites is 1. The molecule has 1 saturated heterocycles. The molecule has 1 unspecified atom stereocenters. The van der Waals surface area contributed by atoms with Crippen LogP contribution in [0.1, 0.15) is 53.5 Å². The first kappa shape index (κ1) is 19.8. The van der Waals surface area contributed by atoms with Crippen LogP contribution in [0.15, 0.2) is 29.3 Å². The predicted octanol–water partition coefficient (Wildman–Crippen LogP) is 5.07. The van der Waals surface area contributed by atoms with Crippen molar-refractivity contribution >= 4 is 28.4 Å². The van der Waals surface area contributed by atoms with Gasteiger partial charge in [-0.1, -0.05) is 50.7 Å². The molecule has 2 rings (SSSR count). The first-order valence-corrected chi connectivity index (χ1v) is 9.24. The number of hydrogen-bond acceptors (Lipinski definition) is 3. The summed E-state index contributed by atoms with van der Waals surface area (Å²) < 4.78 is 0. The number of hydrogen-bond donors (Lipinski definition) is 0. The Bertz CT molecular complexity index is 566. The lowest BCUT2D eigenvalue weighted by Crippen LogP contribution is -2.49. The summed E-state index contributed by atoms with van der Waals surface area (Å²) in [7, 11) is 2.10. The summed E-state index contributed by atoms with van der Waals surface area (Å²) in [6.07, 6.45) is 1.59. The third-order valence-electron chi connectivity index (χ3n) is 3.94. The molecule has 4 heteroatoms. The fraction of sp³-hybridized carbons (Fsp3) is 0.579. The van der Waals surface area contributed by atoms with Gasteiger partial charge in [-0.25, -0.2) is 4.99 Å². The molecule has 1 aliphatic rings. The van der Waals surface area contributed by atoms with Crippen LogP contribution in [0.4, 0.5) is 5.69 Å². The molecule has 3 nitrogen and oxygen atoms in total. The number of benzene rings is 1. The summed E-state index contributed by atoms with van der Waals surface area (Å²) in [6, 6.07) is 7.92. The van der Waals surface area contributed by atoms with Crippen LogP contribution in [0.5, 0.6) is 0 Å². The quantitative estimate of drug-likeness (QED) is 0.774. The second kappa shape index (κ2) is 8.53. The monoisotopic (exact) mass is 334 g/mol. The van der Waals surface area contributed by atoms with Crippen LogP contribution in [-0.4, -0.2) is 33.7 Å². The minimum Gasteiger partial charge on any atom is -0.349 e. The number of carbonyl (C=O) groups excluding carboxylic acids is 1. The summed E-state index contributed by atoms with van der Waals surface area (Å²) in [5.74, 6) is 0.168. The van der Waals surface area contributed by atoms with Crippen LogP contribution in [0.3, 0.4) is 0 Å². The van der Waals surface area contributed by atoms with Gasteiger partial charge in [0.1, 0.15) is 5.78 Å². The smallest absolute Gasteiger partial charge is 0.164 e. The number of carbonyl (C=O) groups is 1. The van der Waals surface area contributed by atoms with Crippen molar-refractivity contribution in [3.63, 3.8) is 0 Å². The highest BCUT2D eigenvalue weighted by atomic mass is 32.2. The maximum absolute atomic E-state index is 11.4. The van der Waals surface area contributed by atoms with Crippen LogP contribution >= 0.6 is 11.8 Å². The summed E-state index contributed by atoms with van der Waals surface area (Å²) in [4.78, 5) is 18.5. The molecule has 0 spiro atoms. The number of thioether (sulfide) groups is 1. The van der Waals surface area contributed by atoms with Crippen LogP contribution in [0.25, 0.3) is 0 Å². The van der Waals surface area contributed by atoms with Crippen molar-refractivity contribution in [3.05, 3.63) is 29.8 Å². The Balaban J connectivity index is 0.00000127. The third kappa shape index (κ3) is 5.38. The summed E-state index contributed by atoms with van der Waals surface area (Å²) in [6.45, 7) is 12.4. The van der Waals surface area contributed by atoms with E-state index in [2.05, 4.69) is 32.7 Å². The van der Waals surface area contributed by atoms with Gasteiger partial charge in [0, 0.05) is 24.3 Å². The van der Waals surface area contributed by atoms with Gasteiger partial charge in [0.25, 0.3) is 0 Å². The van der Waals surface area contributed by atoms with Crippen molar-refractivity contribution < 1.29 is 4.79 Å². The summed E-state index contributed by atoms with van der Waals surface area (Å²) in [5.41, 5.74) is 2.02. The Labute approximate surface area is 145 Å². The van der Waals surface area contributed by atoms with Crippen molar-refractivity contribution in [2.24, 2.45) is 4.99 Å². The van der Waals surface area contributed by atoms with Crippen LogP contribution in [0.2, 0.25) is 0 Å². The van der Waals surface area contributed by atoms with Crippen LogP contribution in [-0.2, 0) is 11.2 Å². The maximum Gasteiger partial charge on any atom is 0.164 e. The Morgan fingerprint density at radius 1 is 1.35 bits per heavy atom. The highest BCUT2D eigenvalue weighted by molar-refractivity contribution is 8.14. The van der Waals surface area contributed by atoms with Gasteiger partial charge in [0.2, 0.25) is 0 Å². The van der Waals surface area contributed by atoms with Crippen molar-refractivity contribution in [1.29, 1.82) is 0 Å². The van der Waals surface area contributed by atoms with E-state index < -0.39 is 0 Å². The largest absolute Gasteiger partial charge is 0.349 e. The number of ketones is 1. The van der Waals surface area contributed by atoms with Gasteiger partial charge in [-0.05, 0) is 38.8 Å². The van der Waals surface area contributed by atoms with Gasteiger partial charge in [0.15, 0.2) is 5.17 Å². The Hall–Kier alpha value is -1.29. The number of amidine groups is 1. The van der Waals surface area contributed by atoms with E-state index in [-0.39, 0.29) is 11.3 Å². The zero-order chi connectivity index (χ0) is 17.6. The average molecular weight is 335 g/mol. The molecular formula is C19H30N2OS. The van der Waals surface area contributed by atoms with E-state index in [0.717, 1.165) is 22.8 Å². The maximum atomic E-state index is 11.4. The summed E-state index contributed by atoms with van der Waals surface area (Å²) >= 11 is 1.81. The lowest BCUT2D eigenvalue weighted by atomic mass is 9.97. The number of rotatable bonds is 3. The zero-order valence-corrected chi connectivity index (χ0v) is 16.3. The number of aliphatic imine (C=N–C) groups is 1. The van der Waals surface area contributed by atoms with Gasteiger partial charge in [-0.3, -0.25) is 4.79 Å². The molecule has 0 saturated carbocycles. The molecule has 1 aromatic rings. The molecular weight excluding hydrogens is 304 g/mol. The number of Topliss-reactive ketones (excluding diaryl/α,β-unsaturated/α-hetero) is 1. The predicted molar refractivity (Wildman–Crippen MR) is 103 cm³/mol. The molecule has 23 heavy (non-hydrogen) atoms. The van der Waals surface area contributed by atoms with E-state index in [1.807, 2.05) is 49.9 Å². The molecule has 0 bridgehead atoms. The van der Waals surface area contributed by atoms with Crippen molar-refractivity contribution in [2.45, 2.75) is 65.2 Å². The second-order valence-electron chi connectivity index (χ2n) is 6.41. The fourth-order valence-electron chi connectivity index (χ4n) is 2.64. The van der Waals surface area contributed by atoms with Crippen molar-refractivity contribution in [3.8, 4) is 0 Å². The van der Waals surface area contributed by atoms with E-state index in [4.69, 9.17) is 4.99 Å². The molecule has 1 heterocycles. The van der Waals surface area contributed by atoms with E-state index >= 15 is 0 Å². The lowest BCUT2D eigenvalue weighted by Gasteiger charge is -2.44. The first-order chi connectivity index (χ1) is 10.8. The molecule has 128 valence electrons. The fourth-order valence-corrected chi connectivity index (χ4v) is 4.05. The zero-order valence-electron chi connectivity index (χ0n) is 15.5. The van der Waals surface area contributed by atoms with E-state index in [1.54, 1.807) is 6.92 Å². The highest BCUT2D eigenvalue weighted by Gasteiger charge is 2.34. The molecule has 0 amide bonds. The molecule has 0 radical (unpaired) electrons. The van der Waals surface area contributed by atoms with Gasteiger partial charge in [0.05, 0.1) is 5.69 Å². The van der Waals surface area contributed by atoms with Gasteiger partial charge < -0.3 is 4.90 Å². The van der Waals surface area contributed by atoms with Crippen molar-refractivity contribution in [2.75, 3.05) is 7.05 Å². The van der Waals surface area contributed by atoms with E-state index in [1.165, 1.54) is 0 Å². The standard InChI is InChI=1S/C17H24N2OS.C2H6/c1-12(20)10-14-8-6-7-9-15(14)18-16-19(5)17(3,4)11-13(2)21-16;1-2/h6-9,13H,10-11H2,1-5H3;1-2H3. The molecule has 0 aromatic heterocycles. The minimum absolute atomic E-state index is 0.110. The minimum atomic E-state index is 0.110. The van der Waals surface area contributed by atoms with Gasteiger partial charge in [-0.15, -0.1) is 0 Å². The highest BCUT2D eigenvalue weighted by Crippen LogP contribution is 2.36. The molecule has 1 aromatic carbocycles. The molecule has 1 aliphatic heterocycles. The van der Waals surface area contributed by atoms with Crippen molar-refractivity contribution in [1.82, 2.24) is 4.90 Å². The Morgan fingerprint density at radius 2 is 1.96 bits per heavy atom. The van der Waals surface area contributed by atoms with Gasteiger partial charge in [-0.2, -0.15) is 0 Å². The van der Waals surface area contributed by atoms with E-state index in [9.17, 15) is 4.79 Å². The molecule has 0 N–H and O–H groups in total. The molecule has 1 atom stereocenters. The van der Waals surface area contributed by atoms with Gasteiger partial charge >= 0.3 is 0 Å². The Kier molecular flexibility index (Phi) is 7.33. The molecule has 1 fully saturated rings.